The molecule has 11 aromatic rings. The third kappa shape index (κ3) is 8.65. The Morgan fingerprint density at radius 1 is 0.333 bits per heavy atom. The molecule has 0 aliphatic heterocycles. The number of hydrogen-bond acceptors (Lipinski definition) is 6. The topological polar surface area (TPSA) is 99.3 Å². The largest absolute Gasteiger partial charge is 0.300 e. The highest BCUT2D eigenvalue weighted by molar-refractivity contribution is 6.17. The van der Waals surface area contributed by atoms with Gasteiger partial charge in [-0.3, -0.25) is 0 Å². The van der Waals surface area contributed by atoms with Crippen LogP contribution in [0.25, 0.3) is 111 Å². The van der Waals surface area contributed by atoms with E-state index in [9.17, 15) is 0 Å². The van der Waals surface area contributed by atoms with E-state index in [1.54, 1.807) is 12.2 Å². The lowest BCUT2D eigenvalue weighted by atomic mass is 9.86. The van der Waals surface area contributed by atoms with Crippen LogP contribution in [-0.2, 0) is 0 Å². The highest BCUT2D eigenvalue weighted by Crippen LogP contribution is 2.43. The number of allylic oxidation sites excluding steroid dienone is 6. The van der Waals surface area contributed by atoms with Crippen molar-refractivity contribution in [1.82, 2.24) is 20.4 Å². The summed E-state index contributed by atoms with van der Waals surface area (Å²) in [6, 6.07) is 78.6. The van der Waals surface area contributed by atoms with Crippen LogP contribution < -0.4 is 0 Å². The minimum absolute atomic E-state index is 0.359. The lowest BCUT2D eigenvalue weighted by Crippen LogP contribution is -2.03. The van der Waals surface area contributed by atoms with E-state index in [4.69, 9.17) is 10.8 Å². The molecule has 338 valence electrons. The molecule has 72 heavy (non-hydrogen) atoms. The van der Waals surface area contributed by atoms with Gasteiger partial charge in [0.2, 0.25) is 0 Å². The first-order valence-electron chi connectivity index (χ1n) is 23.9. The molecule has 0 saturated carbocycles. The number of aromatic nitrogens is 4. The van der Waals surface area contributed by atoms with Crippen LogP contribution in [0.2, 0.25) is 0 Å². The van der Waals surface area contributed by atoms with E-state index >= 15 is 0 Å². The molecule has 0 saturated heterocycles. The average molecular weight is 921 g/mol. The second-order valence-corrected chi connectivity index (χ2v) is 17.9. The maximum Gasteiger partial charge on any atom is 0.0936 e. The van der Waals surface area contributed by atoms with Crippen LogP contribution >= 0.6 is 0 Å². The fraction of sp³-hybridized carbons (Fsp3) is 0. The lowest BCUT2D eigenvalue weighted by molar-refractivity contribution is 1.08. The zero-order valence-corrected chi connectivity index (χ0v) is 39.0. The maximum absolute atomic E-state index is 8.89. The highest BCUT2D eigenvalue weighted by Gasteiger charge is 2.17. The molecular weight excluding hydrogens is 877 g/mol. The van der Waals surface area contributed by atoms with E-state index in [-0.39, 0.29) is 0 Å². The zero-order valence-electron chi connectivity index (χ0n) is 39.0. The van der Waals surface area contributed by atoms with E-state index in [0.29, 0.717) is 11.4 Å². The average Bonchev–Trinajstić information content (AvgIpc) is 3.45. The molecule has 2 aromatic heterocycles. The monoisotopic (exact) mass is 920 g/mol. The number of fused-ring (bicyclic) bond motifs is 2. The van der Waals surface area contributed by atoms with Crippen LogP contribution in [0.15, 0.2) is 260 Å². The third-order valence-corrected chi connectivity index (χ3v) is 13.4. The van der Waals surface area contributed by atoms with Crippen LogP contribution in [0.3, 0.4) is 0 Å². The van der Waals surface area contributed by atoms with Crippen molar-refractivity contribution in [1.29, 1.82) is 10.8 Å². The van der Waals surface area contributed by atoms with Gasteiger partial charge in [-0.05, 0) is 127 Å². The van der Waals surface area contributed by atoms with Crippen LogP contribution in [-0.4, -0.2) is 31.8 Å². The Morgan fingerprint density at radius 2 is 0.681 bits per heavy atom. The van der Waals surface area contributed by atoms with Crippen LogP contribution in [0.5, 0.6) is 0 Å². The number of nitrogens with zero attached hydrogens (tertiary/aromatic N) is 4. The maximum atomic E-state index is 8.89. The summed E-state index contributed by atoms with van der Waals surface area (Å²) in [5.41, 5.74) is 20.8. The summed E-state index contributed by atoms with van der Waals surface area (Å²) in [5.74, 6) is 0. The summed E-state index contributed by atoms with van der Waals surface area (Å²) in [6.07, 6.45) is 9.12. The normalized spacial score (nSPS) is 12.7. The van der Waals surface area contributed by atoms with Gasteiger partial charge >= 0.3 is 0 Å². The van der Waals surface area contributed by atoms with Crippen molar-refractivity contribution in [2.75, 3.05) is 0 Å². The second-order valence-electron chi connectivity index (χ2n) is 17.9. The molecule has 0 unspecified atom stereocenters. The Labute approximate surface area is 417 Å². The van der Waals surface area contributed by atoms with Gasteiger partial charge in [-0.1, -0.05) is 200 Å². The first-order valence-corrected chi connectivity index (χ1v) is 23.9. The van der Waals surface area contributed by atoms with E-state index in [0.717, 1.165) is 122 Å². The minimum Gasteiger partial charge on any atom is -0.300 e. The summed E-state index contributed by atoms with van der Waals surface area (Å²) in [5, 5.41) is 37.4. The van der Waals surface area contributed by atoms with Gasteiger partial charge in [-0.15, -0.1) is 20.4 Å². The number of rotatable bonds is 10. The molecule has 0 spiro atoms. The summed E-state index contributed by atoms with van der Waals surface area (Å²) in [4.78, 5) is 0. The van der Waals surface area contributed by atoms with Crippen molar-refractivity contribution in [2.24, 2.45) is 0 Å². The molecule has 6 heteroatoms. The summed E-state index contributed by atoms with van der Waals surface area (Å²) in [7, 11) is 0. The molecule has 12 rings (SSSR count). The van der Waals surface area contributed by atoms with Crippen LogP contribution in [0, 0.1) is 10.8 Å². The van der Waals surface area contributed by atoms with Gasteiger partial charge in [0.1, 0.15) is 0 Å². The van der Waals surface area contributed by atoms with Crippen LogP contribution in [0.4, 0.5) is 0 Å². The molecule has 2 heterocycles. The van der Waals surface area contributed by atoms with E-state index in [2.05, 4.69) is 196 Å². The van der Waals surface area contributed by atoms with E-state index < -0.39 is 0 Å². The van der Waals surface area contributed by atoms with Gasteiger partial charge in [-0.25, -0.2) is 0 Å². The molecule has 1 aliphatic carbocycles. The Balaban J connectivity index is 0.958. The Kier molecular flexibility index (Phi) is 11.5. The number of hydrogen-bond donors (Lipinski definition) is 2. The molecule has 2 N–H and O–H groups in total. The molecule has 1 aliphatic rings. The molecule has 6 nitrogen and oxygen atoms in total. The predicted molar refractivity (Wildman–Crippen MR) is 297 cm³/mol. The molecule has 0 radical (unpaired) electrons. The summed E-state index contributed by atoms with van der Waals surface area (Å²) >= 11 is 0. The minimum atomic E-state index is 0.359. The first-order chi connectivity index (χ1) is 35.5. The van der Waals surface area contributed by atoms with Gasteiger partial charge in [0.05, 0.1) is 33.8 Å². The number of nitrogens with one attached hydrogen (secondary N) is 2. The summed E-state index contributed by atoms with van der Waals surface area (Å²) in [6.45, 7) is 0. The quantitative estimate of drug-likeness (QED) is 0.133. The van der Waals surface area contributed by atoms with Crippen molar-refractivity contribution in [2.45, 2.75) is 0 Å². The molecule has 0 amide bonds. The molecule has 0 fully saturated rings. The second kappa shape index (κ2) is 19.0. The Morgan fingerprint density at radius 3 is 1.10 bits per heavy atom. The van der Waals surface area contributed by atoms with Gasteiger partial charge < -0.3 is 10.8 Å². The highest BCUT2D eigenvalue weighted by atomic mass is 15.1. The van der Waals surface area contributed by atoms with Crippen LogP contribution in [0.1, 0.15) is 5.56 Å². The fourth-order valence-electron chi connectivity index (χ4n) is 9.64. The zero-order chi connectivity index (χ0) is 48.4. The van der Waals surface area contributed by atoms with Gasteiger partial charge in [0.15, 0.2) is 0 Å². The van der Waals surface area contributed by atoms with Gasteiger partial charge in [-0.2, -0.15) is 0 Å². The lowest BCUT2D eigenvalue weighted by Gasteiger charge is -2.18. The van der Waals surface area contributed by atoms with E-state index in [1.165, 1.54) is 0 Å². The third-order valence-electron chi connectivity index (χ3n) is 13.4. The Hall–Kier alpha value is -9.78. The fourth-order valence-corrected chi connectivity index (χ4v) is 9.64. The van der Waals surface area contributed by atoms with Gasteiger partial charge in [0.25, 0.3) is 0 Å². The Bertz CT molecular complexity index is 3810. The SMILES string of the molecule is N=C1C=CC=C/C1=C/C(=N)c1ccc(-c2ccccc2-c2cc(-c3ccccc3-c3ccc(-c4cc5ccccc5nn4)cc3)cc(-c3ccccc3-c3ccc(-c4cc5ccccc5nn4)cc3)c2)cc1. The van der Waals surface area contributed by atoms with E-state index in [1.807, 2.05) is 66.8 Å². The van der Waals surface area contributed by atoms with Crippen molar-refractivity contribution >= 4 is 33.2 Å². The first kappa shape index (κ1) is 43.5. The number of benzene rings is 9. The molecule has 0 atom stereocenters. The van der Waals surface area contributed by atoms with Crippen molar-refractivity contribution in [3.8, 4) is 89.3 Å². The molecule has 9 aromatic carbocycles. The smallest absolute Gasteiger partial charge is 0.0936 e. The molecule has 0 bridgehead atoms. The van der Waals surface area contributed by atoms with Gasteiger partial charge in [0, 0.05) is 27.5 Å². The molecular formula is C66H44N6. The van der Waals surface area contributed by atoms with Crippen molar-refractivity contribution in [3.63, 3.8) is 0 Å². The standard InChI is InChI=1S/C66H44N6/c67-61-22-10-1-13-49(61)40-62(68)46-31-25-43(26-32-46)55-16-4-7-19-58(55)52-37-53(59-20-8-5-17-56(59)44-27-33-47(34-28-44)65-41-50-14-2-11-23-63(50)69-71-65)39-54(38-52)60-21-9-6-18-57(60)45-29-35-48(36-30-45)66-42-51-15-3-12-24-64(51)70-72-66/h1-42,67-68H/b49-40-,67-61?,68-62?. The van der Waals surface area contributed by atoms with Crippen molar-refractivity contribution in [3.05, 3.63) is 266 Å². The predicted octanol–water partition coefficient (Wildman–Crippen LogP) is 16.3. The summed E-state index contributed by atoms with van der Waals surface area (Å²) < 4.78 is 0. The van der Waals surface area contributed by atoms with Crippen molar-refractivity contribution < 1.29 is 0 Å².